The highest BCUT2D eigenvalue weighted by Crippen LogP contribution is 2.24. The molecule has 5 heteroatoms. The van der Waals surface area contributed by atoms with Gasteiger partial charge in [0.1, 0.15) is 0 Å². The summed E-state index contributed by atoms with van der Waals surface area (Å²) in [5.41, 5.74) is -0.136. The van der Waals surface area contributed by atoms with Crippen LogP contribution in [0.15, 0.2) is 30.3 Å². The second-order valence-corrected chi connectivity index (χ2v) is 5.68. The summed E-state index contributed by atoms with van der Waals surface area (Å²) in [7, 11) is 1.60. The maximum Gasteiger partial charge on any atom is 0.390 e. The van der Waals surface area contributed by atoms with Crippen molar-refractivity contribution in [2.45, 2.75) is 26.4 Å². The predicted molar refractivity (Wildman–Crippen MR) is 72.7 cm³/mol. The van der Waals surface area contributed by atoms with Crippen molar-refractivity contribution in [1.29, 1.82) is 0 Å². The predicted octanol–water partition coefficient (Wildman–Crippen LogP) is 3.78. The van der Waals surface area contributed by atoms with E-state index >= 15 is 0 Å². The highest BCUT2D eigenvalue weighted by molar-refractivity contribution is 6.00. The second-order valence-electron chi connectivity index (χ2n) is 5.68. The lowest BCUT2D eigenvalue weighted by atomic mass is 9.84. The molecule has 112 valence electrons. The molecule has 0 unspecified atom stereocenters. The molecule has 0 amide bonds. The lowest BCUT2D eigenvalue weighted by Crippen LogP contribution is -2.38. The zero-order valence-corrected chi connectivity index (χ0v) is 12.0. The lowest BCUT2D eigenvalue weighted by Gasteiger charge is -2.29. The molecule has 0 aliphatic heterocycles. The third-order valence-electron chi connectivity index (χ3n) is 3.09. The standard InChI is InChI=1S/C15H20F3NO/c1-14(2,11-19(3)10-9-15(16,17)18)13(20)12-7-5-4-6-8-12/h4-8H,9-11H2,1-3H3. The first-order chi connectivity index (χ1) is 9.12. The number of benzene rings is 1. The molecule has 0 spiro atoms. The number of halogens is 3. The molecule has 1 aromatic rings. The molecule has 1 aromatic carbocycles. The van der Waals surface area contributed by atoms with Crippen LogP contribution in [0, 0.1) is 5.41 Å². The zero-order valence-electron chi connectivity index (χ0n) is 12.0. The zero-order chi connectivity index (χ0) is 15.4. The van der Waals surface area contributed by atoms with Gasteiger partial charge in [0.05, 0.1) is 6.42 Å². The van der Waals surface area contributed by atoms with E-state index < -0.39 is 18.0 Å². The second kappa shape index (κ2) is 6.39. The van der Waals surface area contributed by atoms with Gasteiger partial charge < -0.3 is 4.90 Å². The molecule has 0 heterocycles. The number of hydrogen-bond donors (Lipinski definition) is 0. The minimum absolute atomic E-state index is 0.0584. The van der Waals surface area contributed by atoms with Crippen molar-refractivity contribution in [3.05, 3.63) is 35.9 Å². The molecule has 0 radical (unpaired) electrons. The van der Waals surface area contributed by atoms with Crippen molar-refractivity contribution in [2.24, 2.45) is 5.41 Å². The summed E-state index contributed by atoms with van der Waals surface area (Å²) >= 11 is 0. The van der Waals surface area contributed by atoms with Gasteiger partial charge in [-0.2, -0.15) is 13.2 Å². The molecule has 2 nitrogen and oxygen atoms in total. The Balaban J connectivity index is 2.63. The molecule has 0 bridgehead atoms. The van der Waals surface area contributed by atoms with Crippen LogP contribution >= 0.6 is 0 Å². The number of nitrogens with zero attached hydrogens (tertiary/aromatic N) is 1. The van der Waals surface area contributed by atoms with E-state index in [4.69, 9.17) is 0 Å². The smallest absolute Gasteiger partial charge is 0.305 e. The van der Waals surface area contributed by atoms with Crippen LogP contribution < -0.4 is 0 Å². The topological polar surface area (TPSA) is 20.3 Å². The molecule has 0 aliphatic rings. The molecule has 0 saturated heterocycles. The average Bonchev–Trinajstić information content (AvgIpc) is 2.35. The lowest BCUT2D eigenvalue weighted by molar-refractivity contribution is -0.137. The van der Waals surface area contributed by atoms with Gasteiger partial charge in [-0.3, -0.25) is 4.79 Å². The fraction of sp³-hybridized carbons (Fsp3) is 0.533. The summed E-state index contributed by atoms with van der Waals surface area (Å²) < 4.78 is 36.5. The Bertz CT molecular complexity index is 440. The van der Waals surface area contributed by atoms with Crippen LogP contribution in [0.5, 0.6) is 0 Å². The Labute approximate surface area is 117 Å². The summed E-state index contributed by atoms with van der Waals surface area (Å²) in [6.45, 7) is 3.70. The van der Waals surface area contributed by atoms with Crippen molar-refractivity contribution >= 4 is 5.78 Å². The van der Waals surface area contributed by atoms with Gasteiger partial charge in [-0.1, -0.05) is 44.2 Å². The summed E-state index contributed by atoms with van der Waals surface area (Å²) in [6, 6.07) is 8.81. The van der Waals surface area contributed by atoms with E-state index in [2.05, 4.69) is 0 Å². The first-order valence-corrected chi connectivity index (χ1v) is 6.47. The number of Topliss-reactive ketones (excluding diaryl/α,β-unsaturated/α-hetero) is 1. The number of carbonyl (C=O) groups is 1. The summed E-state index contributed by atoms with van der Waals surface area (Å²) in [4.78, 5) is 13.9. The van der Waals surface area contributed by atoms with Gasteiger partial charge in [-0.25, -0.2) is 0 Å². The van der Waals surface area contributed by atoms with Crippen molar-refractivity contribution in [3.8, 4) is 0 Å². The molecular formula is C15H20F3NO. The van der Waals surface area contributed by atoms with Crippen LogP contribution in [0.3, 0.4) is 0 Å². The van der Waals surface area contributed by atoms with E-state index in [0.717, 1.165) is 0 Å². The molecule has 0 saturated carbocycles. The Morgan fingerprint density at radius 2 is 1.70 bits per heavy atom. The summed E-state index contributed by atoms with van der Waals surface area (Å²) in [6.07, 6.45) is -5.03. The number of rotatable bonds is 6. The maximum absolute atomic E-state index is 12.4. The molecule has 0 N–H and O–H groups in total. The summed E-state index contributed by atoms with van der Waals surface area (Å²) in [5, 5.41) is 0. The Hall–Kier alpha value is -1.36. The Kier molecular flexibility index (Phi) is 5.34. The van der Waals surface area contributed by atoms with E-state index in [1.165, 1.54) is 0 Å². The van der Waals surface area contributed by atoms with E-state index in [1.807, 2.05) is 6.07 Å². The van der Waals surface area contributed by atoms with E-state index in [-0.39, 0.29) is 18.9 Å². The fourth-order valence-corrected chi connectivity index (χ4v) is 2.12. The van der Waals surface area contributed by atoms with Crippen LogP contribution in [0.2, 0.25) is 0 Å². The SMILES string of the molecule is CN(CCC(F)(F)F)CC(C)(C)C(=O)c1ccccc1. The van der Waals surface area contributed by atoms with Crippen LogP contribution in [0.4, 0.5) is 13.2 Å². The normalized spacial score (nSPS) is 12.8. The molecular weight excluding hydrogens is 267 g/mol. The number of alkyl halides is 3. The number of hydrogen-bond acceptors (Lipinski definition) is 2. The molecule has 20 heavy (non-hydrogen) atoms. The largest absolute Gasteiger partial charge is 0.390 e. The fourth-order valence-electron chi connectivity index (χ4n) is 2.12. The molecule has 0 atom stereocenters. The summed E-state index contributed by atoms with van der Waals surface area (Å²) in [5.74, 6) is -0.0584. The van der Waals surface area contributed by atoms with Gasteiger partial charge in [0.2, 0.25) is 0 Å². The van der Waals surface area contributed by atoms with Crippen LogP contribution in [-0.4, -0.2) is 37.0 Å². The van der Waals surface area contributed by atoms with Gasteiger partial charge in [0.15, 0.2) is 5.78 Å². The van der Waals surface area contributed by atoms with Gasteiger partial charge in [-0.15, -0.1) is 0 Å². The third kappa shape index (κ3) is 5.33. The van der Waals surface area contributed by atoms with Gasteiger partial charge >= 0.3 is 6.18 Å². The minimum Gasteiger partial charge on any atom is -0.305 e. The number of carbonyl (C=O) groups excluding carboxylic acids is 1. The quantitative estimate of drug-likeness (QED) is 0.742. The van der Waals surface area contributed by atoms with Crippen LogP contribution in [0.1, 0.15) is 30.6 Å². The van der Waals surface area contributed by atoms with E-state index in [0.29, 0.717) is 5.56 Å². The molecule has 0 aliphatic carbocycles. The number of ketones is 1. The Morgan fingerprint density at radius 3 is 2.20 bits per heavy atom. The highest BCUT2D eigenvalue weighted by Gasteiger charge is 2.32. The van der Waals surface area contributed by atoms with E-state index in [9.17, 15) is 18.0 Å². The minimum atomic E-state index is -4.16. The van der Waals surface area contributed by atoms with Crippen LogP contribution in [0.25, 0.3) is 0 Å². The van der Waals surface area contributed by atoms with E-state index in [1.54, 1.807) is 50.1 Å². The monoisotopic (exact) mass is 287 g/mol. The first-order valence-electron chi connectivity index (χ1n) is 6.47. The third-order valence-corrected chi connectivity index (χ3v) is 3.09. The first kappa shape index (κ1) is 16.7. The molecule has 0 aromatic heterocycles. The van der Waals surface area contributed by atoms with Gasteiger partial charge in [0.25, 0.3) is 0 Å². The maximum atomic E-state index is 12.4. The van der Waals surface area contributed by atoms with Crippen molar-refractivity contribution in [2.75, 3.05) is 20.1 Å². The highest BCUT2D eigenvalue weighted by atomic mass is 19.4. The Morgan fingerprint density at radius 1 is 1.15 bits per heavy atom. The molecule has 1 rings (SSSR count). The molecule has 0 fully saturated rings. The van der Waals surface area contributed by atoms with Crippen molar-refractivity contribution < 1.29 is 18.0 Å². The van der Waals surface area contributed by atoms with Gasteiger partial charge in [0, 0.05) is 24.1 Å². The van der Waals surface area contributed by atoms with Gasteiger partial charge in [-0.05, 0) is 7.05 Å². The average molecular weight is 287 g/mol. The van der Waals surface area contributed by atoms with Crippen LogP contribution in [-0.2, 0) is 0 Å². The van der Waals surface area contributed by atoms with Crippen molar-refractivity contribution in [3.63, 3.8) is 0 Å². The van der Waals surface area contributed by atoms with Crippen molar-refractivity contribution in [1.82, 2.24) is 4.90 Å².